The van der Waals surface area contributed by atoms with Crippen LogP contribution in [0.2, 0.25) is 0 Å². The van der Waals surface area contributed by atoms with Crippen LogP contribution in [0.25, 0.3) is 0 Å². The largest absolute Gasteiger partial charge is 0.355 e. The molecule has 1 aromatic rings. The first-order chi connectivity index (χ1) is 13.2. The second-order valence-corrected chi connectivity index (χ2v) is 7.76. The molecule has 0 spiro atoms. The van der Waals surface area contributed by atoms with Crippen LogP contribution in [0.4, 0.5) is 5.69 Å². The number of hydrogen-bond donors (Lipinski definition) is 3. The Morgan fingerprint density at radius 2 is 1.76 bits per heavy atom. The molecule has 0 unspecified atom stereocenters. The van der Waals surface area contributed by atoms with Crippen molar-refractivity contribution in [2.24, 2.45) is 4.99 Å². The van der Waals surface area contributed by atoms with E-state index in [-0.39, 0.29) is 29.9 Å². The average molecular weight is 518 g/mol. The number of likely N-dealkylation sites (N-methyl/N-ethyl adjacent to an activating group) is 1. The molecule has 0 fully saturated rings. The highest BCUT2D eigenvalue weighted by molar-refractivity contribution is 14.0. The Morgan fingerprint density at radius 1 is 1.10 bits per heavy atom. The summed E-state index contributed by atoms with van der Waals surface area (Å²) in [5.74, 6) is 0.752. The molecule has 0 heterocycles. The lowest BCUT2D eigenvalue weighted by Gasteiger charge is -2.30. The van der Waals surface area contributed by atoms with Crippen LogP contribution < -0.4 is 16.0 Å². The Labute approximate surface area is 193 Å². The minimum absolute atomic E-state index is 0. The van der Waals surface area contributed by atoms with Crippen LogP contribution in [0, 0.1) is 0 Å². The average Bonchev–Trinajstić information content (AvgIpc) is 2.60. The molecule has 7 nitrogen and oxygen atoms in total. The SMILES string of the molecule is CN=C(NCCN(C(C)C)C(C)C)NCc1cccc(NC(=O)CN(C)C)c1.I. The highest BCUT2D eigenvalue weighted by Gasteiger charge is 2.12. The molecule has 0 aromatic heterocycles. The first-order valence-corrected chi connectivity index (χ1v) is 9.96. The van der Waals surface area contributed by atoms with Gasteiger partial charge in [0.15, 0.2) is 5.96 Å². The summed E-state index contributed by atoms with van der Waals surface area (Å²) in [5.41, 5.74) is 1.88. The van der Waals surface area contributed by atoms with Gasteiger partial charge in [-0.25, -0.2) is 0 Å². The molecule has 29 heavy (non-hydrogen) atoms. The Hall–Kier alpha value is -1.39. The Morgan fingerprint density at radius 3 is 2.31 bits per heavy atom. The minimum atomic E-state index is -0.0209. The van der Waals surface area contributed by atoms with Gasteiger partial charge in [0.1, 0.15) is 0 Å². The summed E-state index contributed by atoms with van der Waals surface area (Å²) in [6.45, 7) is 11.7. The van der Waals surface area contributed by atoms with E-state index in [2.05, 4.69) is 53.5 Å². The van der Waals surface area contributed by atoms with Gasteiger partial charge >= 0.3 is 0 Å². The van der Waals surface area contributed by atoms with Crippen molar-refractivity contribution < 1.29 is 4.79 Å². The van der Waals surface area contributed by atoms with Crippen molar-refractivity contribution >= 4 is 41.5 Å². The molecular weight excluding hydrogens is 479 g/mol. The van der Waals surface area contributed by atoms with Crippen LogP contribution in [-0.4, -0.2) is 74.5 Å². The van der Waals surface area contributed by atoms with Gasteiger partial charge < -0.3 is 20.9 Å². The number of halogens is 1. The summed E-state index contributed by atoms with van der Waals surface area (Å²) in [5, 5.41) is 9.62. The number of guanidine groups is 1. The molecule has 0 radical (unpaired) electrons. The number of carbonyl (C=O) groups is 1. The third-order valence-corrected chi connectivity index (χ3v) is 4.34. The molecule has 0 aliphatic rings. The van der Waals surface area contributed by atoms with E-state index >= 15 is 0 Å². The summed E-state index contributed by atoms with van der Waals surface area (Å²) in [4.78, 5) is 20.5. The monoisotopic (exact) mass is 518 g/mol. The maximum Gasteiger partial charge on any atom is 0.238 e. The zero-order chi connectivity index (χ0) is 21.1. The summed E-state index contributed by atoms with van der Waals surface area (Å²) < 4.78 is 0. The van der Waals surface area contributed by atoms with Gasteiger partial charge in [0.2, 0.25) is 5.91 Å². The van der Waals surface area contributed by atoms with E-state index in [0.717, 1.165) is 30.3 Å². The van der Waals surface area contributed by atoms with Gasteiger partial charge in [0.25, 0.3) is 0 Å². The summed E-state index contributed by atoms with van der Waals surface area (Å²) >= 11 is 0. The van der Waals surface area contributed by atoms with E-state index in [4.69, 9.17) is 0 Å². The fraction of sp³-hybridized carbons (Fsp3) is 0.619. The van der Waals surface area contributed by atoms with Gasteiger partial charge in [-0.15, -0.1) is 24.0 Å². The van der Waals surface area contributed by atoms with Crippen molar-refractivity contribution in [3.8, 4) is 0 Å². The number of anilines is 1. The zero-order valence-electron chi connectivity index (χ0n) is 19.0. The number of benzene rings is 1. The second-order valence-electron chi connectivity index (χ2n) is 7.76. The van der Waals surface area contributed by atoms with Gasteiger partial charge in [-0.3, -0.25) is 14.7 Å². The third kappa shape index (κ3) is 11.4. The number of hydrogen-bond acceptors (Lipinski definition) is 4. The van der Waals surface area contributed by atoms with E-state index in [1.807, 2.05) is 43.3 Å². The first-order valence-electron chi connectivity index (χ1n) is 9.96. The van der Waals surface area contributed by atoms with Crippen LogP contribution >= 0.6 is 24.0 Å². The van der Waals surface area contributed by atoms with Gasteiger partial charge in [-0.2, -0.15) is 0 Å². The summed E-state index contributed by atoms with van der Waals surface area (Å²) in [6, 6.07) is 8.89. The molecule has 0 aliphatic carbocycles. The smallest absolute Gasteiger partial charge is 0.238 e. The molecule has 1 rings (SSSR count). The van der Waals surface area contributed by atoms with Gasteiger partial charge in [0.05, 0.1) is 6.54 Å². The van der Waals surface area contributed by atoms with Crippen molar-refractivity contribution in [2.75, 3.05) is 46.1 Å². The highest BCUT2D eigenvalue weighted by Crippen LogP contribution is 2.10. The number of aliphatic imine (C=N–C) groups is 1. The number of nitrogens with zero attached hydrogens (tertiary/aromatic N) is 3. The van der Waals surface area contributed by atoms with Crippen molar-refractivity contribution in [1.29, 1.82) is 0 Å². The molecular formula is C21H39IN6O. The van der Waals surface area contributed by atoms with E-state index < -0.39 is 0 Å². The third-order valence-electron chi connectivity index (χ3n) is 4.34. The van der Waals surface area contributed by atoms with Crippen LogP contribution in [0.15, 0.2) is 29.3 Å². The van der Waals surface area contributed by atoms with Gasteiger partial charge in [-0.05, 0) is 59.5 Å². The molecule has 0 atom stereocenters. The Kier molecular flexibility index (Phi) is 13.9. The van der Waals surface area contributed by atoms with Gasteiger partial charge in [-0.1, -0.05) is 12.1 Å². The zero-order valence-corrected chi connectivity index (χ0v) is 21.3. The topological polar surface area (TPSA) is 72.0 Å². The van der Waals surface area contributed by atoms with E-state index in [1.165, 1.54) is 0 Å². The number of carbonyl (C=O) groups excluding carboxylic acids is 1. The molecule has 166 valence electrons. The molecule has 3 N–H and O–H groups in total. The highest BCUT2D eigenvalue weighted by atomic mass is 127. The molecule has 0 saturated heterocycles. The molecule has 8 heteroatoms. The lowest BCUT2D eigenvalue weighted by molar-refractivity contribution is -0.116. The van der Waals surface area contributed by atoms with E-state index in [1.54, 1.807) is 7.05 Å². The summed E-state index contributed by atoms with van der Waals surface area (Å²) in [7, 11) is 5.52. The fourth-order valence-corrected chi connectivity index (χ4v) is 3.07. The van der Waals surface area contributed by atoms with Crippen LogP contribution in [-0.2, 0) is 11.3 Å². The molecule has 0 bridgehead atoms. The van der Waals surface area contributed by atoms with Crippen molar-refractivity contribution in [3.05, 3.63) is 29.8 Å². The van der Waals surface area contributed by atoms with Crippen molar-refractivity contribution in [1.82, 2.24) is 20.4 Å². The maximum absolute atomic E-state index is 11.9. The predicted octanol–water partition coefficient (Wildman–Crippen LogP) is 2.59. The van der Waals surface area contributed by atoms with Crippen LogP contribution in [0.1, 0.15) is 33.3 Å². The van der Waals surface area contributed by atoms with Crippen molar-refractivity contribution in [3.63, 3.8) is 0 Å². The molecule has 1 aromatic carbocycles. The second kappa shape index (κ2) is 14.6. The maximum atomic E-state index is 11.9. The lowest BCUT2D eigenvalue weighted by atomic mass is 10.2. The number of rotatable bonds is 10. The Balaban J connectivity index is 0.00000784. The minimum Gasteiger partial charge on any atom is -0.355 e. The quantitative estimate of drug-likeness (QED) is 0.253. The summed E-state index contributed by atoms with van der Waals surface area (Å²) in [6.07, 6.45) is 0. The molecule has 0 aliphatic heterocycles. The molecule has 0 saturated carbocycles. The van der Waals surface area contributed by atoms with E-state index in [0.29, 0.717) is 25.2 Å². The first kappa shape index (κ1) is 27.6. The van der Waals surface area contributed by atoms with Crippen LogP contribution in [0.5, 0.6) is 0 Å². The number of nitrogens with one attached hydrogen (secondary N) is 3. The van der Waals surface area contributed by atoms with E-state index in [9.17, 15) is 4.79 Å². The van der Waals surface area contributed by atoms with Crippen LogP contribution in [0.3, 0.4) is 0 Å². The van der Waals surface area contributed by atoms with Crippen molar-refractivity contribution in [2.45, 2.75) is 46.3 Å². The fourth-order valence-electron chi connectivity index (χ4n) is 3.07. The molecule has 1 amide bonds. The Bertz CT molecular complexity index is 625. The number of amides is 1. The predicted molar refractivity (Wildman–Crippen MR) is 134 cm³/mol. The van der Waals surface area contributed by atoms with Gasteiger partial charge in [0, 0.05) is 44.5 Å². The normalized spacial score (nSPS) is 11.8. The lowest BCUT2D eigenvalue weighted by Crippen LogP contribution is -2.45. The standard InChI is InChI=1S/C21H38N6O.HI/c1-16(2)27(17(3)4)12-11-23-21(22-5)24-14-18-9-8-10-19(13-18)25-20(28)15-26(6)7;/h8-10,13,16-17H,11-12,14-15H2,1-7H3,(H,25,28)(H2,22,23,24);1H.